The summed E-state index contributed by atoms with van der Waals surface area (Å²) in [5.41, 5.74) is 0.943. The van der Waals surface area contributed by atoms with Crippen molar-refractivity contribution in [3.8, 4) is 0 Å². The lowest BCUT2D eigenvalue weighted by molar-refractivity contribution is -0.0569. The van der Waals surface area contributed by atoms with E-state index in [2.05, 4.69) is 17.2 Å². The van der Waals surface area contributed by atoms with Crippen molar-refractivity contribution in [1.82, 2.24) is 14.9 Å². The molecule has 1 amide bonds. The van der Waals surface area contributed by atoms with Crippen LogP contribution in [0.25, 0.3) is 0 Å². The van der Waals surface area contributed by atoms with Gasteiger partial charge in [-0.1, -0.05) is 32.6 Å². The molecule has 1 aliphatic heterocycles. The van der Waals surface area contributed by atoms with Gasteiger partial charge in [0.2, 0.25) is 0 Å². The van der Waals surface area contributed by atoms with E-state index >= 15 is 0 Å². The van der Waals surface area contributed by atoms with E-state index in [-0.39, 0.29) is 12.4 Å². The zero-order chi connectivity index (χ0) is 20.5. The molecule has 0 aliphatic carbocycles. The third-order valence-electron chi connectivity index (χ3n) is 4.48. The van der Waals surface area contributed by atoms with Crippen LogP contribution in [0.5, 0.6) is 0 Å². The molecule has 2 rings (SSSR count). The van der Waals surface area contributed by atoms with Gasteiger partial charge in [-0.05, 0) is 12.5 Å². The molecular weight excluding hydrogens is 372 g/mol. The Bertz CT molecular complexity index is 684. The van der Waals surface area contributed by atoms with Crippen LogP contribution >= 0.6 is 0 Å². The van der Waals surface area contributed by atoms with Crippen molar-refractivity contribution < 1.29 is 29.7 Å². The molecule has 0 bridgehead atoms. The van der Waals surface area contributed by atoms with Gasteiger partial charge in [0, 0.05) is 12.7 Å². The molecule has 5 N–H and O–H groups in total. The quantitative estimate of drug-likeness (QED) is 0.276. The van der Waals surface area contributed by atoms with E-state index < -0.39 is 36.3 Å². The van der Waals surface area contributed by atoms with E-state index in [1.807, 2.05) is 0 Å². The Morgan fingerprint density at radius 1 is 1.29 bits per heavy atom. The van der Waals surface area contributed by atoms with Gasteiger partial charge >= 0.3 is 11.8 Å². The van der Waals surface area contributed by atoms with Crippen molar-refractivity contribution >= 4 is 11.9 Å². The molecule has 4 atom stereocenters. The van der Waals surface area contributed by atoms with E-state index in [1.165, 1.54) is 18.7 Å². The van der Waals surface area contributed by atoms with Crippen LogP contribution < -0.4 is 16.5 Å². The Morgan fingerprint density at radius 3 is 2.71 bits per heavy atom. The van der Waals surface area contributed by atoms with Gasteiger partial charge in [-0.25, -0.2) is 9.59 Å². The number of amides is 1. The van der Waals surface area contributed by atoms with Crippen molar-refractivity contribution in [3.63, 3.8) is 0 Å². The van der Waals surface area contributed by atoms with Gasteiger partial charge in [-0.2, -0.15) is 4.98 Å². The second kappa shape index (κ2) is 11.0. The highest BCUT2D eigenvalue weighted by molar-refractivity contribution is 5.67. The molecule has 1 aliphatic rings. The maximum absolute atomic E-state index is 12.0. The first-order chi connectivity index (χ1) is 13.5. The average Bonchev–Trinajstić information content (AvgIpc) is 2.97. The minimum atomic E-state index is -1.41. The first kappa shape index (κ1) is 22.1. The SMILES string of the molecule is CCCCCCCNC(=O)OC[C@H]1O[C@@H](n2ccc(NO)nc2=O)[C@@H](O)C1O. The lowest BCUT2D eigenvalue weighted by Gasteiger charge is -2.17. The monoisotopic (exact) mass is 400 g/mol. The maximum atomic E-state index is 12.0. The molecule has 0 saturated carbocycles. The van der Waals surface area contributed by atoms with Crippen molar-refractivity contribution in [2.24, 2.45) is 0 Å². The Labute approximate surface area is 162 Å². The van der Waals surface area contributed by atoms with Crippen molar-refractivity contribution in [3.05, 3.63) is 22.7 Å². The topological polar surface area (TPSA) is 155 Å². The van der Waals surface area contributed by atoms with Crippen LogP contribution in [0.3, 0.4) is 0 Å². The third-order valence-corrected chi connectivity index (χ3v) is 4.48. The van der Waals surface area contributed by atoms with E-state index in [1.54, 1.807) is 5.48 Å². The predicted molar refractivity (Wildman–Crippen MR) is 97.9 cm³/mol. The van der Waals surface area contributed by atoms with Gasteiger partial charge in [0.25, 0.3) is 0 Å². The number of ether oxygens (including phenoxy) is 2. The normalized spacial score (nSPS) is 24.1. The Kier molecular flexibility index (Phi) is 8.64. The van der Waals surface area contributed by atoms with E-state index in [0.29, 0.717) is 6.54 Å². The number of carbonyl (C=O) groups is 1. The van der Waals surface area contributed by atoms with Gasteiger partial charge < -0.3 is 25.0 Å². The summed E-state index contributed by atoms with van der Waals surface area (Å²) in [7, 11) is 0. The minimum absolute atomic E-state index is 0.0690. The van der Waals surface area contributed by atoms with Gasteiger partial charge in [-0.3, -0.25) is 15.3 Å². The van der Waals surface area contributed by atoms with Crippen LogP contribution in [0.2, 0.25) is 0 Å². The standard InChI is InChI=1S/C17H28N4O7/c1-2-3-4-5-6-8-18-17(25)27-10-11-13(22)14(23)15(28-11)21-9-7-12(20-26)19-16(21)24/h7,9,11,13-15,22-23,26H,2-6,8,10H2,1H3,(H,18,25)(H,19,20,24)/t11-,13?,14+,15-/m1/s1. The lowest BCUT2D eigenvalue weighted by Crippen LogP contribution is -2.37. The number of carbonyl (C=O) groups excluding carboxylic acids is 1. The number of nitrogens with one attached hydrogen (secondary N) is 2. The molecule has 28 heavy (non-hydrogen) atoms. The molecule has 0 radical (unpaired) electrons. The largest absolute Gasteiger partial charge is 0.447 e. The van der Waals surface area contributed by atoms with Crippen LogP contribution in [0.1, 0.15) is 45.3 Å². The number of anilines is 1. The highest BCUT2D eigenvalue weighted by Crippen LogP contribution is 2.28. The molecule has 158 valence electrons. The highest BCUT2D eigenvalue weighted by Gasteiger charge is 2.44. The molecule has 11 nitrogen and oxygen atoms in total. The zero-order valence-electron chi connectivity index (χ0n) is 15.8. The van der Waals surface area contributed by atoms with E-state index in [9.17, 15) is 19.8 Å². The first-order valence-corrected chi connectivity index (χ1v) is 9.39. The summed E-state index contributed by atoms with van der Waals surface area (Å²) in [5, 5.41) is 31.6. The number of alkyl carbamates (subject to hydrolysis) is 1. The lowest BCUT2D eigenvalue weighted by atomic mass is 10.1. The molecule has 1 fully saturated rings. The fraction of sp³-hybridized carbons (Fsp3) is 0.706. The molecule has 1 unspecified atom stereocenters. The summed E-state index contributed by atoms with van der Waals surface area (Å²) in [6.07, 6.45) is 0.974. The number of aliphatic hydroxyl groups excluding tert-OH is 2. The second-order valence-electron chi connectivity index (χ2n) is 6.60. The summed E-state index contributed by atoms with van der Waals surface area (Å²) in [4.78, 5) is 27.2. The summed E-state index contributed by atoms with van der Waals surface area (Å²) in [6, 6.07) is 1.29. The number of rotatable bonds is 10. The highest BCUT2D eigenvalue weighted by atomic mass is 16.6. The van der Waals surface area contributed by atoms with Gasteiger partial charge in [-0.15, -0.1) is 0 Å². The predicted octanol–water partition coefficient (Wildman–Crippen LogP) is 0.360. The first-order valence-electron chi connectivity index (χ1n) is 9.39. The summed E-state index contributed by atoms with van der Waals surface area (Å²) < 4.78 is 11.5. The molecule has 1 aromatic rings. The average molecular weight is 400 g/mol. The summed E-state index contributed by atoms with van der Waals surface area (Å²) in [6.45, 7) is 2.34. The molecule has 1 saturated heterocycles. The van der Waals surface area contributed by atoms with Crippen LogP contribution in [-0.2, 0) is 9.47 Å². The Balaban J connectivity index is 1.81. The van der Waals surface area contributed by atoms with E-state index in [4.69, 9.17) is 14.7 Å². The van der Waals surface area contributed by atoms with Crippen molar-refractivity contribution in [2.45, 2.75) is 63.6 Å². The smallest absolute Gasteiger partial charge is 0.407 e. The third kappa shape index (κ3) is 5.89. The van der Waals surface area contributed by atoms with Gasteiger partial charge in [0.05, 0.1) is 0 Å². The molecule has 1 aromatic heterocycles. The van der Waals surface area contributed by atoms with Gasteiger partial charge in [0.15, 0.2) is 12.0 Å². The summed E-state index contributed by atoms with van der Waals surface area (Å²) in [5.74, 6) is -0.0690. The Hall–Kier alpha value is -2.21. The fourth-order valence-electron chi connectivity index (χ4n) is 2.89. The Morgan fingerprint density at radius 2 is 2.04 bits per heavy atom. The van der Waals surface area contributed by atoms with Crippen LogP contribution in [0.4, 0.5) is 10.6 Å². The zero-order valence-corrected chi connectivity index (χ0v) is 15.8. The molecular formula is C17H28N4O7. The minimum Gasteiger partial charge on any atom is -0.447 e. The number of aromatic nitrogens is 2. The van der Waals surface area contributed by atoms with Crippen LogP contribution in [0.15, 0.2) is 17.1 Å². The number of hydrogen-bond donors (Lipinski definition) is 5. The number of hydrogen-bond acceptors (Lipinski definition) is 9. The molecule has 2 heterocycles. The van der Waals surface area contributed by atoms with Crippen molar-refractivity contribution in [1.29, 1.82) is 0 Å². The fourth-order valence-corrected chi connectivity index (χ4v) is 2.89. The van der Waals surface area contributed by atoms with E-state index in [0.717, 1.165) is 30.3 Å². The number of aliphatic hydroxyl groups is 2. The van der Waals surface area contributed by atoms with Gasteiger partial charge in [0.1, 0.15) is 24.9 Å². The molecule has 0 spiro atoms. The number of nitrogens with zero attached hydrogens (tertiary/aromatic N) is 2. The summed E-state index contributed by atoms with van der Waals surface area (Å²) >= 11 is 0. The molecule has 0 aromatic carbocycles. The molecule has 11 heteroatoms. The second-order valence-corrected chi connectivity index (χ2v) is 6.60. The maximum Gasteiger partial charge on any atom is 0.407 e. The van der Waals surface area contributed by atoms with Crippen molar-refractivity contribution in [2.75, 3.05) is 18.6 Å². The number of unbranched alkanes of at least 4 members (excludes halogenated alkanes) is 4. The van der Waals surface area contributed by atoms with Crippen LogP contribution in [-0.4, -0.2) is 62.5 Å². The van der Waals surface area contributed by atoms with Crippen LogP contribution in [0, 0.1) is 0 Å².